The zero-order chi connectivity index (χ0) is 15.2. The third-order valence-electron chi connectivity index (χ3n) is 2.34. The lowest BCUT2D eigenvalue weighted by molar-refractivity contribution is -0.427. The molecule has 5 heteroatoms. The maximum Gasteiger partial charge on any atom is 0.314 e. The second-order valence-electron chi connectivity index (χ2n) is 4.05. The van der Waals surface area contributed by atoms with Crippen molar-refractivity contribution in [3.05, 3.63) is 58.3 Å². The fourth-order valence-electron chi connectivity index (χ4n) is 1.38. The second-order valence-corrected chi connectivity index (χ2v) is 4.05. The van der Waals surface area contributed by atoms with Crippen LogP contribution in [0.2, 0.25) is 0 Å². The highest BCUT2D eigenvalue weighted by Crippen LogP contribution is 2.04. The normalized spacial score (nSPS) is 12.8. The molecule has 0 saturated heterocycles. The predicted octanol–water partition coefficient (Wildman–Crippen LogP) is 3.87. The molecule has 0 heterocycles. The summed E-state index contributed by atoms with van der Waals surface area (Å²) >= 11 is 0. The van der Waals surface area contributed by atoms with Gasteiger partial charge >= 0.3 is 5.97 Å². The van der Waals surface area contributed by atoms with Crippen LogP contribution in [0.1, 0.15) is 39.0 Å². The molecular weight excluding hydrogens is 258 g/mol. The van der Waals surface area contributed by atoms with E-state index in [-0.39, 0.29) is 5.70 Å². The highest BCUT2D eigenvalue weighted by molar-refractivity contribution is 5.69. The maximum absolute atomic E-state index is 10.6. The average Bonchev–Trinajstić information content (AvgIpc) is 2.39. The van der Waals surface area contributed by atoms with E-state index < -0.39 is 17.3 Å². The van der Waals surface area contributed by atoms with Gasteiger partial charge in [0, 0.05) is 0 Å². The number of carboxylic acids is 1. The second kappa shape index (κ2) is 11.9. The average molecular weight is 279 g/mol. The topological polar surface area (TPSA) is 80.4 Å². The predicted molar refractivity (Wildman–Crippen MR) is 78.9 cm³/mol. The molecule has 0 aliphatic carbocycles. The van der Waals surface area contributed by atoms with E-state index in [2.05, 4.69) is 25.2 Å². The molecule has 0 unspecified atom stereocenters. The van der Waals surface area contributed by atoms with E-state index in [0.29, 0.717) is 6.42 Å². The van der Waals surface area contributed by atoms with Crippen LogP contribution in [0.4, 0.5) is 0 Å². The van der Waals surface area contributed by atoms with E-state index >= 15 is 0 Å². The van der Waals surface area contributed by atoms with Crippen LogP contribution in [0.25, 0.3) is 0 Å². The first-order chi connectivity index (χ1) is 9.57. The molecule has 110 valence electrons. The number of hydrogen-bond acceptors (Lipinski definition) is 3. The Balaban J connectivity index is 4.01. The molecule has 0 bridgehead atoms. The summed E-state index contributed by atoms with van der Waals surface area (Å²) in [6, 6.07) is 0. The summed E-state index contributed by atoms with van der Waals surface area (Å²) in [4.78, 5) is 20.3. The molecule has 0 spiro atoms. The van der Waals surface area contributed by atoms with Gasteiger partial charge in [-0.2, -0.15) is 0 Å². The summed E-state index contributed by atoms with van der Waals surface area (Å²) in [6.07, 6.45) is 15.8. The molecule has 0 aromatic heterocycles. The Labute approximate surface area is 119 Å². The van der Waals surface area contributed by atoms with Crippen LogP contribution in [0, 0.1) is 10.1 Å². The molecule has 0 aliphatic heterocycles. The maximum atomic E-state index is 10.6. The van der Waals surface area contributed by atoms with Crippen molar-refractivity contribution in [1.29, 1.82) is 0 Å². The summed E-state index contributed by atoms with van der Waals surface area (Å²) in [5.74, 6) is -1.19. The van der Waals surface area contributed by atoms with Crippen LogP contribution >= 0.6 is 0 Å². The van der Waals surface area contributed by atoms with Crippen LogP contribution in [-0.2, 0) is 4.79 Å². The van der Waals surface area contributed by atoms with E-state index in [1.54, 1.807) is 6.08 Å². The number of rotatable bonds is 10. The van der Waals surface area contributed by atoms with Crippen molar-refractivity contribution < 1.29 is 14.8 Å². The van der Waals surface area contributed by atoms with Crippen LogP contribution in [-0.4, -0.2) is 16.0 Å². The molecule has 0 saturated carbocycles. The first kappa shape index (κ1) is 17.8. The van der Waals surface area contributed by atoms with Gasteiger partial charge in [-0.3, -0.25) is 14.9 Å². The molecule has 0 rings (SSSR count). The number of carbonyl (C=O) groups is 1. The summed E-state index contributed by atoms with van der Waals surface area (Å²) in [5, 5.41) is 19.1. The lowest BCUT2D eigenvalue weighted by Gasteiger charge is -1.93. The Morgan fingerprint density at radius 1 is 1.05 bits per heavy atom. The monoisotopic (exact) mass is 279 g/mol. The third kappa shape index (κ3) is 11.0. The van der Waals surface area contributed by atoms with Crippen molar-refractivity contribution in [3.63, 3.8) is 0 Å². The van der Waals surface area contributed by atoms with Crippen molar-refractivity contribution in [3.8, 4) is 0 Å². The fourth-order valence-corrected chi connectivity index (χ4v) is 1.38. The van der Waals surface area contributed by atoms with Crippen LogP contribution in [0.5, 0.6) is 0 Å². The summed E-state index contributed by atoms with van der Waals surface area (Å²) in [7, 11) is 0. The smallest absolute Gasteiger partial charge is 0.314 e. The number of nitro groups is 1. The minimum absolute atomic E-state index is 0.276. The van der Waals surface area contributed by atoms with Crippen molar-refractivity contribution in [1.82, 2.24) is 0 Å². The van der Waals surface area contributed by atoms with Gasteiger partial charge < -0.3 is 5.11 Å². The number of aliphatic carboxylic acids is 1. The zero-order valence-corrected chi connectivity index (χ0v) is 11.7. The first-order valence-electron chi connectivity index (χ1n) is 6.58. The largest absolute Gasteiger partial charge is 0.481 e. The van der Waals surface area contributed by atoms with Gasteiger partial charge in [0.2, 0.25) is 0 Å². The van der Waals surface area contributed by atoms with Crippen LogP contribution in [0.3, 0.4) is 0 Å². The molecule has 0 fully saturated rings. The molecule has 0 aliphatic rings. The molecule has 0 amide bonds. The van der Waals surface area contributed by atoms with E-state index in [1.807, 2.05) is 12.2 Å². The minimum Gasteiger partial charge on any atom is -0.481 e. The van der Waals surface area contributed by atoms with E-state index in [0.717, 1.165) is 19.3 Å². The van der Waals surface area contributed by atoms with Gasteiger partial charge in [-0.05, 0) is 31.8 Å². The Morgan fingerprint density at radius 3 is 2.00 bits per heavy atom. The zero-order valence-electron chi connectivity index (χ0n) is 11.7. The Bertz CT molecular complexity index is 420. The molecule has 5 nitrogen and oxygen atoms in total. The van der Waals surface area contributed by atoms with E-state index in [1.165, 1.54) is 6.08 Å². The van der Waals surface area contributed by atoms with Crippen LogP contribution < -0.4 is 0 Å². The van der Waals surface area contributed by atoms with Crippen molar-refractivity contribution >= 4 is 5.97 Å². The molecule has 0 aromatic carbocycles. The van der Waals surface area contributed by atoms with Gasteiger partial charge in [0.05, 0.1) is 4.92 Å². The highest BCUT2D eigenvalue weighted by Gasteiger charge is 2.13. The Morgan fingerprint density at radius 2 is 1.55 bits per heavy atom. The molecule has 0 atom stereocenters. The highest BCUT2D eigenvalue weighted by atomic mass is 16.6. The van der Waals surface area contributed by atoms with Gasteiger partial charge in [0.1, 0.15) is 6.42 Å². The van der Waals surface area contributed by atoms with Gasteiger partial charge in [-0.15, -0.1) is 0 Å². The Hall–Kier alpha value is -2.17. The number of carboxylic acid groups (broad SMARTS) is 1. The van der Waals surface area contributed by atoms with Gasteiger partial charge in [0.25, 0.3) is 5.70 Å². The van der Waals surface area contributed by atoms with Crippen molar-refractivity contribution in [2.75, 3.05) is 0 Å². The molecule has 1 N–H and O–H groups in total. The lowest BCUT2D eigenvalue weighted by Crippen LogP contribution is -2.05. The number of hydrogen-bond donors (Lipinski definition) is 1. The molecular formula is C15H21NO4. The molecule has 20 heavy (non-hydrogen) atoms. The SMILES string of the molecule is CC/C=C\C/C=C\C/C=C\C/C=C(\CC(=O)O)[N+](=O)[O-]. The minimum atomic E-state index is -1.19. The fraction of sp³-hybridized carbons (Fsp3) is 0.400. The van der Waals surface area contributed by atoms with Gasteiger partial charge in [0.15, 0.2) is 0 Å². The standard InChI is InChI=1S/C15H21NO4/c1-2-3-4-5-6-7-8-9-10-11-12-14(16(19)20)13-15(17)18/h3-4,6-7,9-10,12H,2,5,8,11,13H2,1H3,(H,17,18)/b4-3-,7-6-,10-9-,14-12+. The lowest BCUT2D eigenvalue weighted by atomic mass is 10.2. The Kier molecular flexibility index (Phi) is 10.6. The van der Waals surface area contributed by atoms with Crippen molar-refractivity contribution in [2.24, 2.45) is 0 Å². The molecule has 0 radical (unpaired) electrons. The van der Waals surface area contributed by atoms with Crippen molar-refractivity contribution in [2.45, 2.75) is 39.0 Å². The van der Waals surface area contributed by atoms with Gasteiger partial charge in [-0.25, -0.2) is 0 Å². The summed E-state index contributed by atoms with van der Waals surface area (Å²) in [5.41, 5.74) is -0.276. The first-order valence-corrected chi connectivity index (χ1v) is 6.58. The summed E-state index contributed by atoms with van der Waals surface area (Å²) < 4.78 is 0. The third-order valence-corrected chi connectivity index (χ3v) is 2.34. The number of nitrogens with zero attached hydrogens (tertiary/aromatic N) is 1. The van der Waals surface area contributed by atoms with Gasteiger partial charge in [-0.1, -0.05) is 43.4 Å². The quantitative estimate of drug-likeness (QED) is 0.374. The number of allylic oxidation sites excluding steroid dienone is 7. The van der Waals surface area contributed by atoms with Crippen LogP contribution in [0.15, 0.2) is 48.2 Å². The van der Waals surface area contributed by atoms with E-state index in [9.17, 15) is 14.9 Å². The molecule has 0 aromatic rings. The van der Waals surface area contributed by atoms with E-state index in [4.69, 9.17) is 5.11 Å². The summed E-state index contributed by atoms with van der Waals surface area (Å²) in [6.45, 7) is 2.08.